The third-order valence-corrected chi connectivity index (χ3v) is 3.94. The molecule has 1 aromatic rings. The maximum absolute atomic E-state index is 11.4. The molecule has 0 fully saturated rings. The van der Waals surface area contributed by atoms with Crippen molar-refractivity contribution in [1.29, 1.82) is 0 Å². The zero-order valence-electron chi connectivity index (χ0n) is 12.5. The number of carbonyl (C=O) groups is 2. The average Bonchev–Trinajstić information content (AvgIpc) is 2.47. The summed E-state index contributed by atoms with van der Waals surface area (Å²) >= 11 is 1.50. The lowest BCUT2D eigenvalue weighted by Crippen LogP contribution is -2.33. The number of thioether (sulfide) groups is 1. The molecule has 1 aromatic carbocycles. The molecule has 2 N–H and O–H groups in total. The fourth-order valence-corrected chi connectivity index (χ4v) is 2.68. The van der Waals surface area contributed by atoms with Crippen molar-refractivity contribution in [3.05, 3.63) is 29.3 Å². The van der Waals surface area contributed by atoms with Gasteiger partial charge in [-0.25, -0.2) is 0 Å². The first-order valence-corrected chi connectivity index (χ1v) is 7.82. The third-order valence-electron chi connectivity index (χ3n) is 2.83. The number of ketones is 1. The summed E-state index contributed by atoms with van der Waals surface area (Å²) in [5.41, 5.74) is 7.25. The van der Waals surface area contributed by atoms with Gasteiger partial charge in [0.05, 0.1) is 13.7 Å². The standard InChI is InChI=1S/C15H21NO4S/c1-4-20-14-6-5-11(10(2)17)7-12(14)8-21-9-13(16)15(18)19-3/h5-7,13H,4,8-9,16H2,1-3H3. The number of ether oxygens (including phenoxy) is 2. The van der Waals surface area contributed by atoms with Gasteiger partial charge in [-0.3, -0.25) is 9.59 Å². The highest BCUT2D eigenvalue weighted by atomic mass is 32.2. The van der Waals surface area contributed by atoms with Crippen LogP contribution in [0.4, 0.5) is 0 Å². The highest BCUT2D eigenvalue weighted by molar-refractivity contribution is 7.98. The zero-order chi connectivity index (χ0) is 15.8. The first-order chi connectivity index (χ1) is 9.99. The van der Waals surface area contributed by atoms with Crippen LogP contribution in [0.1, 0.15) is 29.8 Å². The van der Waals surface area contributed by atoms with Gasteiger partial charge in [0, 0.05) is 22.6 Å². The summed E-state index contributed by atoms with van der Waals surface area (Å²) in [5.74, 6) is 1.39. The molecular formula is C15H21NO4S. The summed E-state index contributed by atoms with van der Waals surface area (Å²) in [7, 11) is 1.32. The normalized spacial score (nSPS) is 11.8. The number of hydrogen-bond acceptors (Lipinski definition) is 6. The van der Waals surface area contributed by atoms with Gasteiger partial charge in [0.25, 0.3) is 0 Å². The molecule has 0 bridgehead atoms. The number of rotatable bonds is 8. The second-order valence-electron chi connectivity index (χ2n) is 4.46. The Bertz CT molecular complexity index is 504. The second kappa shape index (κ2) is 8.69. The summed E-state index contributed by atoms with van der Waals surface area (Å²) in [5, 5.41) is 0. The van der Waals surface area contributed by atoms with E-state index in [-0.39, 0.29) is 5.78 Å². The first-order valence-electron chi connectivity index (χ1n) is 6.67. The molecule has 0 saturated carbocycles. The van der Waals surface area contributed by atoms with Gasteiger partial charge >= 0.3 is 5.97 Å². The summed E-state index contributed by atoms with van der Waals surface area (Å²) in [6, 6.07) is 4.73. The van der Waals surface area contributed by atoms with E-state index < -0.39 is 12.0 Å². The quantitative estimate of drug-likeness (QED) is 0.584. The van der Waals surface area contributed by atoms with Gasteiger partial charge in [-0.1, -0.05) is 0 Å². The summed E-state index contributed by atoms with van der Waals surface area (Å²) in [4.78, 5) is 22.7. The van der Waals surface area contributed by atoms with Gasteiger partial charge in [0.2, 0.25) is 0 Å². The molecule has 116 valence electrons. The molecule has 1 rings (SSSR count). The topological polar surface area (TPSA) is 78.6 Å². The largest absolute Gasteiger partial charge is 0.494 e. The second-order valence-corrected chi connectivity index (χ2v) is 5.49. The van der Waals surface area contributed by atoms with Crippen molar-refractivity contribution in [3.8, 4) is 5.75 Å². The molecule has 0 spiro atoms. The van der Waals surface area contributed by atoms with Crippen molar-refractivity contribution in [1.82, 2.24) is 0 Å². The lowest BCUT2D eigenvalue weighted by atomic mass is 10.1. The Balaban J connectivity index is 2.73. The van der Waals surface area contributed by atoms with Crippen LogP contribution in [0.5, 0.6) is 5.75 Å². The van der Waals surface area contributed by atoms with Crippen molar-refractivity contribution in [2.75, 3.05) is 19.5 Å². The number of nitrogens with two attached hydrogens (primary N) is 1. The Labute approximate surface area is 129 Å². The molecule has 1 unspecified atom stereocenters. The van der Waals surface area contributed by atoms with Crippen LogP contribution in [-0.4, -0.2) is 37.3 Å². The van der Waals surface area contributed by atoms with Gasteiger partial charge in [0.15, 0.2) is 5.78 Å². The molecule has 0 heterocycles. The van der Waals surface area contributed by atoms with Gasteiger partial charge in [-0.2, -0.15) is 11.8 Å². The van der Waals surface area contributed by atoms with E-state index in [0.29, 0.717) is 23.7 Å². The SMILES string of the molecule is CCOc1ccc(C(C)=O)cc1CSCC(N)C(=O)OC. The Morgan fingerprint density at radius 3 is 2.67 bits per heavy atom. The first kappa shape index (κ1) is 17.5. The van der Waals surface area contributed by atoms with E-state index in [1.54, 1.807) is 12.1 Å². The molecule has 0 aliphatic rings. The van der Waals surface area contributed by atoms with Crippen molar-refractivity contribution < 1.29 is 19.1 Å². The zero-order valence-corrected chi connectivity index (χ0v) is 13.4. The molecule has 0 aliphatic heterocycles. The van der Waals surface area contributed by atoms with E-state index >= 15 is 0 Å². The molecule has 1 atom stereocenters. The van der Waals surface area contributed by atoms with E-state index in [1.165, 1.54) is 25.8 Å². The molecule has 0 radical (unpaired) electrons. The minimum atomic E-state index is -0.647. The Morgan fingerprint density at radius 1 is 1.38 bits per heavy atom. The van der Waals surface area contributed by atoms with Crippen molar-refractivity contribution in [3.63, 3.8) is 0 Å². The van der Waals surface area contributed by atoms with Gasteiger partial charge in [-0.15, -0.1) is 0 Å². The molecule has 6 heteroatoms. The van der Waals surface area contributed by atoms with Gasteiger partial charge in [-0.05, 0) is 32.0 Å². The maximum Gasteiger partial charge on any atom is 0.323 e. The number of methoxy groups -OCH3 is 1. The van der Waals surface area contributed by atoms with Crippen LogP contribution in [0.15, 0.2) is 18.2 Å². The molecule has 0 aliphatic carbocycles. The molecule has 0 amide bonds. The van der Waals surface area contributed by atoms with Crippen LogP contribution in [0.2, 0.25) is 0 Å². The van der Waals surface area contributed by atoms with E-state index in [9.17, 15) is 9.59 Å². The molecule has 0 saturated heterocycles. The number of esters is 1. The fourth-order valence-electron chi connectivity index (χ4n) is 1.72. The summed E-state index contributed by atoms with van der Waals surface area (Å²) in [6.07, 6.45) is 0. The number of hydrogen-bond donors (Lipinski definition) is 1. The average molecular weight is 311 g/mol. The van der Waals surface area contributed by atoms with E-state index in [4.69, 9.17) is 10.5 Å². The van der Waals surface area contributed by atoms with E-state index in [1.807, 2.05) is 13.0 Å². The van der Waals surface area contributed by atoms with Crippen LogP contribution in [-0.2, 0) is 15.3 Å². The predicted octanol–water partition coefficient (Wildman–Crippen LogP) is 2.02. The van der Waals surface area contributed by atoms with Crippen LogP contribution >= 0.6 is 11.8 Å². The van der Waals surface area contributed by atoms with Crippen molar-refractivity contribution >= 4 is 23.5 Å². The minimum Gasteiger partial charge on any atom is -0.494 e. The molecule has 5 nitrogen and oxygen atoms in total. The Morgan fingerprint density at radius 2 is 2.10 bits per heavy atom. The molecular weight excluding hydrogens is 290 g/mol. The smallest absolute Gasteiger partial charge is 0.323 e. The van der Waals surface area contributed by atoms with Crippen LogP contribution in [0, 0.1) is 0 Å². The predicted molar refractivity (Wildman–Crippen MR) is 83.8 cm³/mol. The lowest BCUT2D eigenvalue weighted by Gasteiger charge is -2.13. The monoisotopic (exact) mass is 311 g/mol. The number of Topliss-reactive ketones (excluding diaryl/α,β-unsaturated/α-hetero) is 1. The summed E-state index contributed by atoms with van der Waals surface area (Å²) in [6.45, 7) is 3.99. The van der Waals surface area contributed by atoms with E-state index in [0.717, 1.165) is 11.3 Å². The third kappa shape index (κ3) is 5.40. The van der Waals surface area contributed by atoms with Crippen LogP contribution < -0.4 is 10.5 Å². The minimum absolute atomic E-state index is 0.00978. The van der Waals surface area contributed by atoms with Crippen LogP contribution in [0.25, 0.3) is 0 Å². The van der Waals surface area contributed by atoms with E-state index in [2.05, 4.69) is 4.74 Å². The number of benzene rings is 1. The maximum atomic E-state index is 11.4. The van der Waals surface area contributed by atoms with Gasteiger partial charge in [0.1, 0.15) is 11.8 Å². The highest BCUT2D eigenvalue weighted by Crippen LogP contribution is 2.25. The van der Waals surface area contributed by atoms with Crippen molar-refractivity contribution in [2.45, 2.75) is 25.6 Å². The Hall–Kier alpha value is -1.53. The highest BCUT2D eigenvalue weighted by Gasteiger charge is 2.14. The molecule has 21 heavy (non-hydrogen) atoms. The lowest BCUT2D eigenvalue weighted by molar-refractivity contribution is -0.141. The van der Waals surface area contributed by atoms with Crippen LogP contribution in [0.3, 0.4) is 0 Å². The van der Waals surface area contributed by atoms with Crippen molar-refractivity contribution in [2.24, 2.45) is 5.73 Å². The van der Waals surface area contributed by atoms with Gasteiger partial charge < -0.3 is 15.2 Å². The molecule has 0 aromatic heterocycles. The number of carbonyl (C=O) groups excluding carboxylic acids is 2. The Kier molecular flexibility index (Phi) is 7.25. The summed E-state index contributed by atoms with van der Waals surface area (Å²) < 4.78 is 10.1. The fraction of sp³-hybridized carbons (Fsp3) is 0.467.